The Morgan fingerprint density at radius 2 is 1.79 bits per heavy atom. The van der Waals surface area contributed by atoms with Gasteiger partial charge in [-0.3, -0.25) is 0 Å². The summed E-state index contributed by atoms with van der Waals surface area (Å²) in [6, 6.07) is 16.3. The Hall–Kier alpha value is -2.09. The molecule has 0 radical (unpaired) electrons. The highest BCUT2D eigenvalue weighted by Gasteiger charge is 2.17. The first-order valence-corrected chi connectivity index (χ1v) is 11.0. The van der Waals surface area contributed by atoms with Crippen molar-refractivity contribution in [3.8, 4) is 22.6 Å². The molecule has 2 N–H and O–H groups in total. The highest BCUT2D eigenvalue weighted by atomic mass is 32.2. The zero-order chi connectivity index (χ0) is 20.6. The van der Waals surface area contributed by atoms with E-state index in [0.29, 0.717) is 13.2 Å². The van der Waals surface area contributed by atoms with E-state index in [2.05, 4.69) is 23.3 Å². The Morgan fingerprint density at radius 1 is 1.14 bits per heavy atom. The van der Waals surface area contributed by atoms with Gasteiger partial charge in [0.25, 0.3) is 0 Å². The third kappa shape index (κ3) is 6.82. The standard InChI is InChI=1S/C18H20O3.C3H9NO2S/c1-2-20-18-6-4-3-5-17(18)14-7-9-15(10-8-14)21-16-11-12-19-13-16;1-3(2)7(4,5)6/h3-10,16H,2,11-13H2,1H3;3H,1-2H3,(H2,4,5,6). The quantitative estimate of drug-likeness (QED) is 0.790. The SMILES string of the molecule is CC(C)S(N)(=O)=O.CCOc1ccccc1-c1ccc(OC2CCOC2)cc1. The third-order valence-corrected chi connectivity index (χ3v) is 5.51. The second kappa shape index (κ2) is 10.5. The van der Waals surface area contributed by atoms with Crippen molar-refractivity contribution >= 4 is 10.0 Å². The topological polar surface area (TPSA) is 87.9 Å². The summed E-state index contributed by atoms with van der Waals surface area (Å²) in [7, 11) is -3.24. The zero-order valence-electron chi connectivity index (χ0n) is 16.6. The van der Waals surface area contributed by atoms with Crippen molar-refractivity contribution in [2.75, 3.05) is 19.8 Å². The summed E-state index contributed by atoms with van der Waals surface area (Å²) >= 11 is 0. The molecule has 0 aliphatic carbocycles. The fraction of sp³-hybridized carbons (Fsp3) is 0.429. The summed E-state index contributed by atoms with van der Waals surface area (Å²) in [6.07, 6.45) is 1.15. The van der Waals surface area contributed by atoms with Crippen LogP contribution < -0.4 is 14.6 Å². The molecule has 1 fully saturated rings. The van der Waals surface area contributed by atoms with Crippen LogP contribution in [0.4, 0.5) is 0 Å². The minimum absolute atomic E-state index is 0.187. The molecular weight excluding hydrogens is 378 g/mol. The van der Waals surface area contributed by atoms with Gasteiger partial charge in [0.15, 0.2) is 0 Å². The van der Waals surface area contributed by atoms with Crippen molar-refractivity contribution in [3.05, 3.63) is 48.5 Å². The first-order valence-electron chi connectivity index (χ1n) is 9.39. The van der Waals surface area contributed by atoms with Crippen LogP contribution in [0.3, 0.4) is 0 Å². The molecule has 7 heteroatoms. The van der Waals surface area contributed by atoms with Crippen LogP contribution in [0.2, 0.25) is 0 Å². The maximum Gasteiger partial charge on any atom is 0.211 e. The number of sulfonamides is 1. The second-order valence-corrected chi connectivity index (χ2v) is 8.82. The van der Waals surface area contributed by atoms with Crippen LogP contribution in [-0.4, -0.2) is 39.6 Å². The van der Waals surface area contributed by atoms with E-state index in [-0.39, 0.29) is 6.10 Å². The van der Waals surface area contributed by atoms with Gasteiger partial charge in [-0.1, -0.05) is 30.3 Å². The summed E-state index contributed by atoms with van der Waals surface area (Å²) in [5.74, 6) is 1.81. The van der Waals surface area contributed by atoms with E-state index in [9.17, 15) is 8.42 Å². The minimum atomic E-state index is -3.24. The van der Waals surface area contributed by atoms with Gasteiger partial charge in [-0.25, -0.2) is 13.6 Å². The molecule has 1 saturated heterocycles. The maximum absolute atomic E-state index is 10.1. The van der Waals surface area contributed by atoms with E-state index in [0.717, 1.165) is 35.7 Å². The van der Waals surface area contributed by atoms with Gasteiger partial charge in [0.2, 0.25) is 10.0 Å². The van der Waals surface area contributed by atoms with Gasteiger partial charge in [-0.15, -0.1) is 0 Å². The zero-order valence-corrected chi connectivity index (χ0v) is 17.4. The molecule has 3 rings (SSSR count). The van der Waals surface area contributed by atoms with Gasteiger partial charge in [-0.2, -0.15) is 0 Å². The molecule has 1 atom stereocenters. The fourth-order valence-corrected chi connectivity index (χ4v) is 2.50. The smallest absolute Gasteiger partial charge is 0.211 e. The molecule has 0 amide bonds. The predicted octanol–water partition coefficient (Wildman–Crippen LogP) is 3.60. The first kappa shape index (κ1) is 22.2. The molecule has 0 spiro atoms. The van der Waals surface area contributed by atoms with Crippen molar-refractivity contribution in [1.82, 2.24) is 0 Å². The lowest BCUT2D eigenvalue weighted by atomic mass is 10.0. The van der Waals surface area contributed by atoms with Gasteiger partial charge < -0.3 is 14.2 Å². The van der Waals surface area contributed by atoms with Crippen LogP contribution in [0.1, 0.15) is 27.2 Å². The van der Waals surface area contributed by atoms with E-state index >= 15 is 0 Å². The molecule has 2 aromatic rings. The largest absolute Gasteiger partial charge is 0.493 e. The van der Waals surface area contributed by atoms with E-state index < -0.39 is 15.3 Å². The predicted molar refractivity (Wildman–Crippen MR) is 111 cm³/mol. The molecule has 1 heterocycles. The lowest BCUT2D eigenvalue weighted by molar-refractivity contribution is 0.141. The van der Waals surface area contributed by atoms with E-state index in [1.807, 2.05) is 37.3 Å². The van der Waals surface area contributed by atoms with E-state index in [1.165, 1.54) is 13.8 Å². The number of hydrogen-bond acceptors (Lipinski definition) is 5. The number of rotatable bonds is 6. The Kier molecular flexibility index (Phi) is 8.29. The van der Waals surface area contributed by atoms with Crippen molar-refractivity contribution in [1.29, 1.82) is 0 Å². The highest BCUT2D eigenvalue weighted by molar-refractivity contribution is 7.89. The second-order valence-electron chi connectivity index (χ2n) is 6.69. The number of hydrogen-bond donors (Lipinski definition) is 1. The van der Waals surface area contributed by atoms with Crippen LogP contribution in [0.25, 0.3) is 11.1 Å². The summed E-state index contributed by atoms with van der Waals surface area (Å²) in [4.78, 5) is 0. The lowest BCUT2D eigenvalue weighted by Gasteiger charge is -2.13. The summed E-state index contributed by atoms with van der Waals surface area (Å²) in [5, 5.41) is 4.20. The number of ether oxygens (including phenoxy) is 3. The van der Waals surface area contributed by atoms with Gasteiger partial charge in [0.05, 0.1) is 25.1 Å². The fourth-order valence-electron chi connectivity index (χ4n) is 2.50. The van der Waals surface area contributed by atoms with E-state index in [4.69, 9.17) is 14.2 Å². The van der Waals surface area contributed by atoms with Gasteiger partial charge in [0, 0.05) is 12.0 Å². The Balaban J connectivity index is 0.000000345. The molecule has 0 bridgehead atoms. The Labute approximate surface area is 167 Å². The van der Waals surface area contributed by atoms with Crippen molar-refractivity contribution in [2.24, 2.45) is 5.14 Å². The molecule has 0 aromatic heterocycles. The average molecular weight is 408 g/mol. The van der Waals surface area contributed by atoms with Crippen LogP contribution in [-0.2, 0) is 14.8 Å². The summed E-state index contributed by atoms with van der Waals surface area (Å²) in [5.41, 5.74) is 2.24. The molecular formula is C21H29NO5S. The van der Waals surface area contributed by atoms with Crippen molar-refractivity contribution in [3.63, 3.8) is 0 Å². The lowest BCUT2D eigenvalue weighted by Crippen LogP contribution is -2.22. The molecule has 6 nitrogen and oxygen atoms in total. The number of para-hydroxylation sites is 1. The van der Waals surface area contributed by atoms with Crippen LogP contribution in [0.15, 0.2) is 48.5 Å². The molecule has 1 aliphatic heterocycles. The molecule has 0 saturated carbocycles. The minimum Gasteiger partial charge on any atom is -0.493 e. The average Bonchev–Trinajstić information content (AvgIpc) is 3.16. The van der Waals surface area contributed by atoms with Gasteiger partial charge in [0.1, 0.15) is 17.6 Å². The summed E-state index contributed by atoms with van der Waals surface area (Å²) < 4.78 is 37.1. The van der Waals surface area contributed by atoms with Gasteiger partial charge >= 0.3 is 0 Å². The number of benzene rings is 2. The van der Waals surface area contributed by atoms with E-state index in [1.54, 1.807) is 0 Å². The van der Waals surface area contributed by atoms with Crippen molar-refractivity contribution < 1.29 is 22.6 Å². The van der Waals surface area contributed by atoms with Crippen LogP contribution in [0.5, 0.6) is 11.5 Å². The van der Waals surface area contributed by atoms with Crippen LogP contribution >= 0.6 is 0 Å². The number of primary sulfonamides is 1. The molecule has 2 aromatic carbocycles. The highest BCUT2D eigenvalue weighted by Crippen LogP contribution is 2.31. The monoisotopic (exact) mass is 407 g/mol. The molecule has 1 unspecified atom stereocenters. The maximum atomic E-state index is 10.1. The van der Waals surface area contributed by atoms with Crippen molar-refractivity contribution in [2.45, 2.75) is 38.5 Å². The Morgan fingerprint density at radius 3 is 2.32 bits per heavy atom. The first-order chi connectivity index (χ1) is 13.3. The Bertz CT molecular complexity index is 828. The normalized spacial score (nSPS) is 16.4. The van der Waals surface area contributed by atoms with Gasteiger partial charge in [-0.05, 0) is 44.5 Å². The summed E-state index contributed by atoms with van der Waals surface area (Å²) in [6.45, 7) is 7.22. The molecule has 154 valence electrons. The molecule has 1 aliphatic rings. The van der Waals surface area contributed by atoms with Crippen LogP contribution in [0, 0.1) is 0 Å². The molecule has 28 heavy (non-hydrogen) atoms. The third-order valence-electron chi connectivity index (χ3n) is 4.20. The number of nitrogens with two attached hydrogens (primary N) is 1.